The van der Waals surface area contributed by atoms with E-state index in [2.05, 4.69) is 25.8 Å². The number of hydrogen-bond donors (Lipinski definition) is 3. The molecule has 31 heavy (non-hydrogen) atoms. The van der Waals surface area contributed by atoms with Gasteiger partial charge in [-0.25, -0.2) is 4.98 Å². The number of aromatic nitrogens is 3. The molecule has 3 aromatic rings. The summed E-state index contributed by atoms with van der Waals surface area (Å²) in [4.78, 5) is 29.9. The molecule has 0 atom stereocenters. The van der Waals surface area contributed by atoms with E-state index in [9.17, 15) is 9.59 Å². The molecular weight excluding hydrogens is 390 g/mol. The summed E-state index contributed by atoms with van der Waals surface area (Å²) >= 11 is 0. The Bertz CT molecular complexity index is 1070. The van der Waals surface area contributed by atoms with E-state index in [-0.39, 0.29) is 17.7 Å². The van der Waals surface area contributed by atoms with Crippen LogP contribution in [0.3, 0.4) is 0 Å². The number of benzene rings is 2. The number of carbonyl (C=O) groups excluding carboxylic acids is 2. The Morgan fingerprint density at radius 2 is 1.84 bits per heavy atom. The first-order valence-electron chi connectivity index (χ1n) is 10.9. The van der Waals surface area contributed by atoms with Crippen molar-refractivity contribution < 1.29 is 9.59 Å². The Kier molecular flexibility index (Phi) is 6.40. The van der Waals surface area contributed by atoms with Crippen molar-refractivity contribution >= 4 is 23.2 Å². The van der Waals surface area contributed by atoms with Gasteiger partial charge >= 0.3 is 0 Å². The number of hydrogen-bond acceptors (Lipinski definition) is 4. The number of H-pyrrole nitrogens is 1. The zero-order valence-electron chi connectivity index (χ0n) is 17.6. The molecule has 4 rings (SSSR count). The summed E-state index contributed by atoms with van der Waals surface area (Å²) in [6.07, 6.45) is 6.03. The number of rotatable bonds is 6. The monoisotopic (exact) mass is 417 g/mol. The third kappa shape index (κ3) is 4.99. The molecule has 160 valence electrons. The van der Waals surface area contributed by atoms with E-state index in [0.29, 0.717) is 22.8 Å². The predicted molar refractivity (Wildman–Crippen MR) is 121 cm³/mol. The fourth-order valence-electron chi connectivity index (χ4n) is 3.90. The van der Waals surface area contributed by atoms with Gasteiger partial charge in [0.25, 0.3) is 5.91 Å². The van der Waals surface area contributed by atoms with Gasteiger partial charge in [0.15, 0.2) is 5.82 Å². The molecule has 7 nitrogen and oxygen atoms in total. The molecule has 2 aromatic carbocycles. The summed E-state index contributed by atoms with van der Waals surface area (Å²) in [5.41, 5.74) is 2.48. The third-order valence-electron chi connectivity index (χ3n) is 5.65. The van der Waals surface area contributed by atoms with Gasteiger partial charge in [-0.2, -0.15) is 5.10 Å². The highest BCUT2D eigenvalue weighted by atomic mass is 16.2. The number of para-hydroxylation sites is 1. The van der Waals surface area contributed by atoms with Crippen molar-refractivity contribution in [2.75, 3.05) is 10.6 Å². The molecule has 3 N–H and O–H groups in total. The summed E-state index contributed by atoms with van der Waals surface area (Å²) in [6, 6.07) is 14.5. The average Bonchev–Trinajstić information content (AvgIpc) is 3.29. The van der Waals surface area contributed by atoms with Gasteiger partial charge in [0, 0.05) is 29.2 Å². The first-order valence-corrected chi connectivity index (χ1v) is 10.9. The molecule has 0 saturated heterocycles. The molecule has 0 radical (unpaired) electrons. The van der Waals surface area contributed by atoms with E-state index in [1.165, 1.54) is 6.42 Å². The minimum Gasteiger partial charge on any atom is -0.326 e. The topological polar surface area (TPSA) is 99.8 Å². The Labute approximate surface area is 181 Å². The zero-order chi connectivity index (χ0) is 21.6. The lowest BCUT2D eigenvalue weighted by Gasteiger charge is -2.20. The lowest BCUT2D eigenvalue weighted by Crippen LogP contribution is -2.24. The maximum Gasteiger partial charge on any atom is 0.255 e. The van der Waals surface area contributed by atoms with Gasteiger partial charge in [-0.05, 0) is 43.2 Å². The molecule has 2 amide bonds. The highest BCUT2D eigenvalue weighted by molar-refractivity contribution is 6.07. The van der Waals surface area contributed by atoms with Crippen LogP contribution in [0.25, 0.3) is 11.4 Å². The maximum absolute atomic E-state index is 12.9. The lowest BCUT2D eigenvalue weighted by atomic mass is 9.88. The van der Waals surface area contributed by atoms with Crippen LogP contribution >= 0.6 is 0 Å². The molecule has 1 fully saturated rings. The van der Waals surface area contributed by atoms with Crippen molar-refractivity contribution in [2.45, 2.75) is 45.4 Å². The average molecular weight is 418 g/mol. The van der Waals surface area contributed by atoms with Gasteiger partial charge in [-0.1, -0.05) is 44.4 Å². The number of nitrogens with one attached hydrogen (secondary N) is 3. The number of nitrogens with zero attached hydrogens (tertiary/aromatic N) is 2. The smallest absolute Gasteiger partial charge is 0.255 e. The summed E-state index contributed by atoms with van der Waals surface area (Å²) < 4.78 is 0. The predicted octanol–water partition coefficient (Wildman–Crippen LogP) is 4.81. The van der Waals surface area contributed by atoms with Crippen LogP contribution in [0.2, 0.25) is 0 Å². The minimum atomic E-state index is -0.257. The SMILES string of the molecule is CCc1nc(-c2ccccc2NC(=O)c2cccc(NC(=O)C3CCCCC3)c2)n[nH]1. The van der Waals surface area contributed by atoms with Crippen molar-refractivity contribution in [3.8, 4) is 11.4 Å². The summed E-state index contributed by atoms with van der Waals surface area (Å²) in [6.45, 7) is 2.00. The molecule has 0 spiro atoms. The Hall–Kier alpha value is -3.48. The van der Waals surface area contributed by atoms with Crippen LogP contribution in [-0.4, -0.2) is 27.0 Å². The van der Waals surface area contributed by atoms with Crippen molar-refractivity contribution in [3.05, 3.63) is 59.9 Å². The van der Waals surface area contributed by atoms with Crippen LogP contribution in [0.5, 0.6) is 0 Å². The highest BCUT2D eigenvalue weighted by Gasteiger charge is 2.21. The maximum atomic E-state index is 12.9. The Balaban J connectivity index is 1.48. The molecule has 7 heteroatoms. The van der Waals surface area contributed by atoms with Gasteiger partial charge in [0.05, 0.1) is 5.69 Å². The molecular formula is C24H27N5O2. The van der Waals surface area contributed by atoms with Crippen molar-refractivity contribution in [1.29, 1.82) is 0 Å². The fraction of sp³-hybridized carbons (Fsp3) is 0.333. The Morgan fingerprint density at radius 1 is 1.03 bits per heavy atom. The number of carbonyl (C=O) groups is 2. The fourth-order valence-corrected chi connectivity index (χ4v) is 3.90. The second-order valence-electron chi connectivity index (χ2n) is 7.86. The van der Waals surface area contributed by atoms with Gasteiger partial charge in [-0.15, -0.1) is 0 Å². The summed E-state index contributed by atoms with van der Waals surface area (Å²) in [7, 11) is 0. The van der Waals surface area contributed by atoms with E-state index >= 15 is 0 Å². The van der Waals surface area contributed by atoms with E-state index in [4.69, 9.17) is 0 Å². The van der Waals surface area contributed by atoms with E-state index in [1.807, 2.05) is 37.3 Å². The van der Waals surface area contributed by atoms with Crippen LogP contribution < -0.4 is 10.6 Å². The van der Waals surface area contributed by atoms with E-state index in [0.717, 1.165) is 43.5 Å². The molecule has 1 aliphatic carbocycles. The highest BCUT2D eigenvalue weighted by Crippen LogP contribution is 2.27. The standard InChI is InChI=1S/C24H27N5O2/c1-2-21-27-22(29-28-21)19-13-6-7-14-20(19)26-24(31)17-11-8-12-18(15-17)25-23(30)16-9-4-3-5-10-16/h6-8,11-16H,2-5,9-10H2,1H3,(H,25,30)(H,26,31)(H,27,28,29). The summed E-state index contributed by atoms with van der Waals surface area (Å²) in [5, 5.41) is 13.1. The number of amides is 2. The van der Waals surface area contributed by atoms with Gasteiger partial charge < -0.3 is 10.6 Å². The molecule has 1 aliphatic rings. The van der Waals surface area contributed by atoms with Gasteiger partial charge in [-0.3, -0.25) is 14.7 Å². The van der Waals surface area contributed by atoms with Crippen molar-refractivity contribution in [2.24, 2.45) is 5.92 Å². The first-order chi connectivity index (χ1) is 15.1. The zero-order valence-corrected chi connectivity index (χ0v) is 17.6. The van der Waals surface area contributed by atoms with Crippen LogP contribution in [-0.2, 0) is 11.2 Å². The van der Waals surface area contributed by atoms with E-state index in [1.54, 1.807) is 18.2 Å². The lowest BCUT2D eigenvalue weighted by molar-refractivity contribution is -0.120. The molecule has 1 heterocycles. The van der Waals surface area contributed by atoms with Gasteiger partial charge in [0.2, 0.25) is 5.91 Å². The minimum absolute atomic E-state index is 0.0407. The molecule has 0 bridgehead atoms. The number of aromatic amines is 1. The molecule has 1 aromatic heterocycles. The van der Waals surface area contributed by atoms with Gasteiger partial charge in [0.1, 0.15) is 5.82 Å². The van der Waals surface area contributed by atoms with Crippen LogP contribution in [0.1, 0.15) is 55.2 Å². The van der Waals surface area contributed by atoms with Crippen molar-refractivity contribution in [3.63, 3.8) is 0 Å². The van der Waals surface area contributed by atoms with Crippen molar-refractivity contribution in [1.82, 2.24) is 15.2 Å². The molecule has 1 saturated carbocycles. The number of aryl methyl sites for hydroxylation is 1. The second kappa shape index (κ2) is 9.55. The summed E-state index contributed by atoms with van der Waals surface area (Å²) in [5.74, 6) is 1.18. The normalized spacial score (nSPS) is 14.2. The quantitative estimate of drug-likeness (QED) is 0.536. The molecule has 0 unspecified atom stereocenters. The number of anilines is 2. The van der Waals surface area contributed by atoms with Crippen LogP contribution in [0.4, 0.5) is 11.4 Å². The first kappa shape index (κ1) is 20.8. The Morgan fingerprint density at radius 3 is 2.61 bits per heavy atom. The largest absolute Gasteiger partial charge is 0.326 e. The molecule has 0 aliphatic heterocycles. The third-order valence-corrected chi connectivity index (χ3v) is 5.65. The van der Waals surface area contributed by atoms with Crippen LogP contribution in [0, 0.1) is 5.92 Å². The van der Waals surface area contributed by atoms with Crippen LogP contribution in [0.15, 0.2) is 48.5 Å². The van der Waals surface area contributed by atoms with E-state index < -0.39 is 0 Å². The second-order valence-corrected chi connectivity index (χ2v) is 7.86.